The molecular formula is C13H16N2O2S2. The quantitative estimate of drug-likeness (QED) is 0.875. The van der Waals surface area contributed by atoms with Gasteiger partial charge in [0.1, 0.15) is 0 Å². The highest BCUT2D eigenvalue weighted by molar-refractivity contribution is 7.93. The topological polar surface area (TPSA) is 50.3 Å². The molecular weight excluding hydrogens is 280 g/mol. The molecule has 102 valence electrons. The summed E-state index contributed by atoms with van der Waals surface area (Å²) in [6.07, 6.45) is 0. The SMILES string of the molecule is Cc1ccc(S(=O)(=O)N(C)c2nc(C)c(C)s2)cc1. The summed E-state index contributed by atoms with van der Waals surface area (Å²) in [5, 5.41) is 0.496. The molecule has 1 aromatic carbocycles. The number of hydrogen-bond donors (Lipinski definition) is 0. The van der Waals surface area contributed by atoms with Crippen molar-refractivity contribution in [2.24, 2.45) is 0 Å². The fraction of sp³-hybridized carbons (Fsp3) is 0.308. The summed E-state index contributed by atoms with van der Waals surface area (Å²) in [5.41, 5.74) is 1.90. The first kappa shape index (κ1) is 14.0. The van der Waals surface area contributed by atoms with Crippen LogP contribution in [0.1, 0.15) is 16.1 Å². The van der Waals surface area contributed by atoms with E-state index in [1.807, 2.05) is 20.8 Å². The minimum absolute atomic E-state index is 0.283. The maximum absolute atomic E-state index is 12.5. The second-order valence-corrected chi connectivity index (χ2v) is 7.57. The van der Waals surface area contributed by atoms with Crippen molar-refractivity contribution >= 4 is 26.5 Å². The number of rotatable bonds is 3. The summed E-state index contributed by atoms with van der Waals surface area (Å²) in [6, 6.07) is 6.82. The van der Waals surface area contributed by atoms with Gasteiger partial charge in [-0.1, -0.05) is 17.7 Å². The highest BCUT2D eigenvalue weighted by atomic mass is 32.2. The van der Waals surface area contributed by atoms with E-state index in [-0.39, 0.29) is 4.90 Å². The summed E-state index contributed by atoms with van der Waals surface area (Å²) in [6.45, 7) is 5.73. The molecule has 0 N–H and O–H groups in total. The summed E-state index contributed by atoms with van der Waals surface area (Å²) >= 11 is 1.38. The lowest BCUT2D eigenvalue weighted by Gasteiger charge is -2.16. The number of aryl methyl sites for hydroxylation is 3. The minimum atomic E-state index is -3.53. The lowest BCUT2D eigenvalue weighted by atomic mass is 10.2. The van der Waals surface area contributed by atoms with Crippen molar-refractivity contribution in [3.05, 3.63) is 40.4 Å². The van der Waals surface area contributed by atoms with Crippen molar-refractivity contribution in [2.45, 2.75) is 25.7 Å². The van der Waals surface area contributed by atoms with E-state index >= 15 is 0 Å². The molecule has 0 spiro atoms. The van der Waals surface area contributed by atoms with Crippen molar-refractivity contribution in [3.63, 3.8) is 0 Å². The summed E-state index contributed by atoms with van der Waals surface area (Å²) in [7, 11) is -2.00. The van der Waals surface area contributed by atoms with Crippen LogP contribution in [0.2, 0.25) is 0 Å². The van der Waals surface area contributed by atoms with E-state index in [0.717, 1.165) is 16.1 Å². The maximum Gasteiger partial charge on any atom is 0.265 e. The Morgan fingerprint density at radius 1 is 1.11 bits per heavy atom. The Morgan fingerprint density at radius 3 is 2.16 bits per heavy atom. The van der Waals surface area contributed by atoms with Crippen LogP contribution in [0.15, 0.2) is 29.2 Å². The van der Waals surface area contributed by atoms with Crippen LogP contribution >= 0.6 is 11.3 Å². The summed E-state index contributed by atoms with van der Waals surface area (Å²) < 4.78 is 26.2. The molecule has 0 unspecified atom stereocenters. The van der Waals surface area contributed by atoms with Crippen LogP contribution in [0, 0.1) is 20.8 Å². The smallest absolute Gasteiger partial charge is 0.244 e. The Labute approximate surface area is 117 Å². The highest BCUT2D eigenvalue weighted by Gasteiger charge is 2.23. The van der Waals surface area contributed by atoms with Crippen LogP contribution in [0.3, 0.4) is 0 Å². The Balaban J connectivity index is 2.41. The Kier molecular flexibility index (Phi) is 3.64. The molecule has 1 aromatic heterocycles. The number of thiazole rings is 1. The lowest BCUT2D eigenvalue weighted by Crippen LogP contribution is -2.26. The van der Waals surface area contributed by atoms with E-state index in [2.05, 4.69) is 4.98 Å². The standard InChI is InChI=1S/C13H16N2O2S2/c1-9-5-7-12(8-6-9)19(16,17)15(4)13-14-10(2)11(3)18-13/h5-8H,1-4H3. The van der Waals surface area contributed by atoms with Crippen molar-refractivity contribution in [3.8, 4) is 0 Å². The molecule has 0 radical (unpaired) electrons. The van der Waals surface area contributed by atoms with Crippen molar-refractivity contribution in [1.29, 1.82) is 0 Å². The number of nitrogens with zero attached hydrogens (tertiary/aromatic N) is 2. The van der Waals surface area contributed by atoms with Gasteiger partial charge in [-0.15, -0.1) is 11.3 Å². The molecule has 0 saturated carbocycles. The van der Waals surface area contributed by atoms with E-state index in [1.54, 1.807) is 24.3 Å². The number of anilines is 1. The van der Waals surface area contributed by atoms with E-state index in [9.17, 15) is 8.42 Å². The van der Waals surface area contributed by atoms with Gasteiger partial charge in [0, 0.05) is 11.9 Å². The summed E-state index contributed by atoms with van der Waals surface area (Å²) in [4.78, 5) is 5.60. The van der Waals surface area contributed by atoms with Crippen LogP contribution in [0.5, 0.6) is 0 Å². The van der Waals surface area contributed by atoms with Gasteiger partial charge in [0.25, 0.3) is 10.0 Å². The van der Waals surface area contributed by atoms with Gasteiger partial charge in [-0.05, 0) is 32.9 Å². The molecule has 0 aliphatic carbocycles. The minimum Gasteiger partial charge on any atom is -0.244 e. The van der Waals surface area contributed by atoms with Gasteiger partial charge in [0.2, 0.25) is 0 Å². The predicted octanol–water partition coefficient (Wildman–Crippen LogP) is 2.89. The van der Waals surface area contributed by atoms with Crippen LogP contribution in [-0.4, -0.2) is 20.4 Å². The normalized spacial score (nSPS) is 11.6. The molecule has 0 fully saturated rings. The van der Waals surface area contributed by atoms with Gasteiger partial charge in [0.05, 0.1) is 10.6 Å². The average Bonchev–Trinajstić information content (AvgIpc) is 2.69. The van der Waals surface area contributed by atoms with Gasteiger partial charge in [-0.2, -0.15) is 0 Å². The third-order valence-corrected chi connectivity index (χ3v) is 5.99. The van der Waals surface area contributed by atoms with Gasteiger partial charge < -0.3 is 0 Å². The molecule has 1 heterocycles. The first-order valence-electron chi connectivity index (χ1n) is 5.82. The van der Waals surface area contributed by atoms with Crippen LogP contribution in [0.4, 0.5) is 5.13 Å². The molecule has 0 saturated heterocycles. The zero-order chi connectivity index (χ0) is 14.2. The monoisotopic (exact) mass is 296 g/mol. The number of sulfonamides is 1. The van der Waals surface area contributed by atoms with E-state index < -0.39 is 10.0 Å². The fourth-order valence-electron chi connectivity index (χ4n) is 1.56. The first-order valence-corrected chi connectivity index (χ1v) is 8.07. The van der Waals surface area contributed by atoms with Crippen molar-refractivity contribution < 1.29 is 8.42 Å². The van der Waals surface area contributed by atoms with Gasteiger partial charge in [-0.3, -0.25) is 0 Å². The van der Waals surface area contributed by atoms with Gasteiger partial charge in [-0.25, -0.2) is 17.7 Å². The number of benzene rings is 1. The predicted molar refractivity (Wildman–Crippen MR) is 78.4 cm³/mol. The largest absolute Gasteiger partial charge is 0.265 e. The van der Waals surface area contributed by atoms with Gasteiger partial charge >= 0.3 is 0 Å². The van der Waals surface area contributed by atoms with E-state index in [1.165, 1.54) is 22.7 Å². The number of hydrogen-bond acceptors (Lipinski definition) is 4. The first-order chi connectivity index (χ1) is 8.82. The van der Waals surface area contributed by atoms with E-state index in [4.69, 9.17) is 0 Å². The zero-order valence-corrected chi connectivity index (χ0v) is 13.0. The van der Waals surface area contributed by atoms with E-state index in [0.29, 0.717) is 5.13 Å². The second-order valence-electron chi connectivity index (χ2n) is 4.42. The third-order valence-electron chi connectivity index (χ3n) is 2.97. The average molecular weight is 296 g/mol. The van der Waals surface area contributed by atoms with Gasteiger partial charge in [0.15, 0.2) is 5.13 Å². The third kappa shape index (κ3) is 2.64. The highest BCUT2D eigenvalue weighted by Crippen LogP contribution is 2.28. The van der Waals surface area contributed by atoms with Crippen LogP contribution < -0.4 is 4.31 Å². The Hall–Kier alpha value is -1.40. The molecule has 19 heavy (non-hydrogen) atoms. The number of aromatic nitrogens is 1. The zero-order valence-electron chi connectivity index (χ0n) is 11.3. The van der Waals surface area contributed by atoms with Crippen LogP contribution in [-0.2, 0) is 10.0 Å². The summed E-state index contributed by atoms with van der Waals surface area (Å²) in [5.74, 6) is 0. The molecule has 0 amide bonds. The molecule has 0 aliphatic heterocycles. The molecule has 0 bridgehead atoms. The molecule has 6 heteroatoms. The Morgan fingerprint density at radius 2 is 1.68 bits per heavy atom. The van der Waals surface area contributed by atoms with Crippen molar-refractivity contribution in [1.82, 2.24) is 4.98 Å². The molecule has 2 aromatic rings. The van der Waals surface area contributed by atoms with Crippen LogP contribution in [0.25, 0.3) is 0 Å². The molecule has 2 rings (SSSR count). The fourth-order valence-corrected chi connectivity index (χ4v) is 3.79. The molecule has 4 nitrogen and oxygen atoms in total. The maximum atomic E-state index is 12.5. The second kappa shape index (κ2) is 4.94. The Bertz CT molecular complexity index is 668. The molecule has 0 aliphatic rings. The lowest BCUT2D eigenvalue weighted by molar-refractivity contribution is 0.594. The molecule has 0 atom stereocenters. The van der Waals surface area contributed by atoms with Crippen molar-refractivity contribution in [2.75, 3.05) is 11.4 Å².